The van der Waals surface area contributed by atoms with E-state index in [9.17, 15) is 35.4 Å². The van der Waals surface area contributed by atoms with E-state index < -0.39 is 52.1 Å². The second-order valence-electron chi connectivity index (χ2n) is 48.5. The number of ether oxygens (including phenoxy) is 9. The molecule has 1 unspecified atom stereocenters. The van der Waals surface area contributed by atoms with Gasteiger partial charge in [-0.15, -0.1) is 0 Å². The average Bonchev–Trinajstić information content (AvgIpc) is 1.52. The number of hydrogen-bond acceptors (Lipinski definition) is 23. The highest BCUT2D eigenvalue weighted by molar-refractivity contribution is 7.99. The van der Waals surface area contributed by atoms with Gasteiger partial charge in [-0.25, -0.2) is 30.5 Å². The zero-order valence-corrected chi connectivity index (χ0v) is 93.4. The molecule has 6 bridgehead atoms. The van der Waals surface area contributed by atoms with Crippen molar-refractivity contribution in [2.75, 3.05) is 153 Å². The third-order valence-electron chi connectivity index (χ3n) is 39.6. The highest BCUT2D eigenvalue weighted by Gasteiger charge is 2.54. The molecule has 6 saturated heterocycles. The Bertz CT molecular complexity index is 5670. The van der Waals surface area contributed by atoms with E-state index in [0.29, 0.717) is 122 Å². The number of amides is 3. The van der Waals surface area contributed by atoms with Gasteiger partial charge in [0.2, 0.25) is 20.0 Å². The fourth-order valence-electron chi connectivity index (χ4n) is 29.0. The van der Waals surface area contributed by atoms with E-state index in [-0.39, 0.29) is 75.9 Å². The minimum atomic E-state index is -3.90. The van der Waals surface area contributed by atoms with Crippen molar-refractivity contribution in [2.24, 2.45) is 71.0 Å². The van der Waals surface area contributed by atoms with Crippen molar-refractivity contribution in [3.8, 4) is 17.2 Å². The summed E-state index contributed by atoms with van der Waals surface area (Å²) in [5.74, 6) is 8.12. The number of benzene rings is 6. The predicted octanol–water partition coefficient (Wildman–Crippen LogP) is 18.8. The Kier molecular flexibility index (Phi) is 32.0. The number of carbonyl (C=O) groups excluding carboxylic acids is 3. The van der Waals surface area contributed by atoms with Crippen LogP contribution in [-0.2, 0) is 93.7 Å². The van der Waals surface area contributed by atoms with E-state index in [1.807, 2.05) is 75.4 Å². The van der Waals surface area contributed by atoms with Crippen LogP contribution in [0.25, 0.3) is 0 Å². The zero-order chi connectivity index (χ0) is 104. The van der Waals surface area contributed by atoms with Crippen LogP contribution in [0.2, 0.25) is 15.1 Å². The fraction of sp³-hybridized carbons (Fsp3) is 0.661. The Labute approximate surface area is 904 Å². The Balaban J connectivity index is 0.000000127. The second kappa shape index (κ2) is 44.8. The molecule has 3 N–H and O–H groups in total. The number of sulfonamides is 2. The van der Waals surface area contributed by atoms with Crippen LogP contribution in [0.3, 0.4) is 0 Å². The Morgan fingerprint density at radius 1 is 0.333 bits per heavy atom. The molecule has 0 radical (unpaired) electrons. The molecule has 3 amide bonds. The lowest BCUT2D eigenvalue weighted by Crippen LogP contribution is -2.55. The molecule has 6 aromatic carbocycles. The molecule has 3 spiro atoms. The molecule has 6 aromatic rings. The topological polar surface area (TPSA) is 275 Å². The molecule has 0 aromatic heterocycles. The third kappa shape index (κ3) is 22.2. The smallest absolute Gasteiger partial charge is 0.264 e. The highest BCUT2D eigenvalue weighted by Crippen LogP contribution is 2.56. The van der Waals surface area contributed by atoms with Gasteiger partial charge in [-0.3, -0.25) is 33.8 Å². The number of nitrogens with zero attached hydrogens (tertiary/aromatic N) is 6. The maximum Gasteiger partial charge on any atom is 0.264 e. The zero-order valence-electron chi connectivity index (χ0n) is 88.6. The van der Waals surface area contributed by atoms with Gasteiger partial charge < -0.3 is 57.3 Å². The summed E-state index contributed by atoms with van der Waals surface area (Å²) in [6.07, 6.45) is 27.1. The molecule has 6 aliphatic carbocycles. The number of aryl methyl sites for hydroxylation is 3. The molecule has 3 saturated carbocycles. The fourth-order valence-corrected chi connectivity index (χ4v) is 33.7. The highest BCUT2D eigenvalue weighted by atomic mass is 35.5. The summed E-state index contributed by atoms with van der Waals surface area (Å²) in [6, 6.07) is 36.4. The van der Waals surface area contributed by atoms with E-state index in [1.165, 1.54) is 59.1 Å². The van der Waals surface area contributed by atoms with Crippen LogP contribution in [0.1, 0.15) is 260 Å². The van der Waals surface area contributed by atoms with Gasteiger partial charge in [-0.1, -0.05) is 93.0 Å². The van der Waals surface area contributed by atoms with Crippen molar-refractivity contribution in [2.45, 2.75) is 284 Å². The molecule has 150 heavy (non-hydrogen) atoms. The molecule has 9 fully saturated rings. The van der Waals surface area contributed by atoms with E-state index in [1.54, 1.807) is 32.0 Å². The third-order valence-corrected chi connectivity index (χ3v) is 46.4. The van der Waals surface area contributed by atoms with Crippen LogP contribution in [-0.4, -0.2) is 250 Å². The first-order valence-corrected chi connectivity index (χ1v) is 63.0. The lowest BCUT2D eigenvalue weighted by Gasteiger charge is -2.49. The first kappa shape index (κ1) is 107. The van der Waals surface area contributed by atoms with Gasteiger partial charge in [-0.2, -0.15) is 0 Å². The Morgan fingerprint density at radius 2 is 0.627 bits per heavy atom. The Morgan fingerprint density at radius 3 is 0.907 bits per heavy atom. The van der Waals surface area contributed by atoms with E-state index in [2.05, 4.69) is 92.8 Å². The summed E-state index contributed by atoms with van der Waals surface area (Å²) in [7, 11) is -10.7. The molecule has 12 aliphatic heterocycles. The summed E-state index contributed by atoms with van der Waals surface area (Å²) in [5.41, 5.74) is 10.9. The number of anilines is 3. The number of halogens is 3. The van der Waals surface area contributed by atoms with Gasteiger partial charge in [0.05, 0.1) is 115 Å². The van der Waals surface area contributed by atoms with Gasteiger partial charge in [-0.05, 0) is 398 Å². The number of carbonyl (C=O) groups is 3. The summed E-state index contributed by atoms with van der Waals surface area (Å²) >= 11 is 19.5. The quantitative estimate of drug-likeness (QED) is 0.131. The molecule has 816 valence electrons. The van der Waals surface area contributed by atoms with Gasteiger partial charge in [0.1, 0.15) is 17.2 Å². The average molecular weight is 2180 g/mol. The molecule has 24 rings (SSSR count). The first-order valence-electron chi connectivity index (χ1n) is 56.9. The minimum Gasteiger partial charge on any atom is -0.490 e. The molecular weight excluding hydrogens is 2020 g/mol. The SMILES string of the molecule is C=S1(=O)NC(=O)c2ccc3c(c2)N(C[C@@H]2CC[C@H]2[C@H](C2OCC(N4CCC4)CO2)CCC[C@H](C)[C@H]1C)C[C@@]1(CCCc2cc(Cl)ccc21)CO3.C[C@@H]1[C@@H](C)CCC[C@@H](C2OCC(N3CCC3)CO2)[C@@H]2CC[C@H]2CN2C[C@@]3(CCCc4cc(Cl)ccc43)COc3ccc(cc32)C(=O)NS1(=O)=O.C[C@@H]1[C@@H](C)CCC[C@H](C2OCC(N3CCC3)CO2)[C@@H]2CC[C@H]2CN2C[C@@]3(CCCc4cc(Cl)ccc43)COc3ccc(cc32)C(=O)NS1(=O)=O. The van der Waals surface area contributed by atoms with Crippen molar-refractivity contribution in [3.63, 3.8) is 0 Å². The van der Waals surface area contributed by atoms with Gasteiger partial charge >= 0.3 is 0 Å². The summed E-state index contributed by atoms with van der Waals surface area (Å²) in [4.78, 5) is 55.7. The van der Waals surface area contributed by atoms with Crippen molar-refractivity contribution in [1.82, 2.24) is 28.9 Å². The lowest BCUT2D eigenvalue weighted by molar-refractivity contribution is -0.246. The summed E-state index contributed by atoms with van der Waals surface area (Å²) < 4.78 is 135. The molecule has 18 aliphatic rings. The van der Waals surface area contributed by atoms with Crippen LogP contribution in [0, 0.1) is 71.0 Å². The van der Waals surface area contributed by atoms with E-state index in [0.717, 1.165) is 289 Å². The summed E-state index contributed by atoms with van der Waals surface area (Å²) in [5, 5.41) is 0.586. The molecule has 19 atom stereocenters. The Hall–Kier alpha value is -7.04. The van der Waals surface area contributed by atoms with Gasteiger partial charge in [0.25, 0.3) is 17.7 Å². The molecule has 26 nitrogen and oxygen atoms in total. The maximum absolute atomic E-state index is 14.0. The minimum absolute atomic E-state index is 0.115. The summed E-state index contributed by atoms with van der Waals surface area (Å²) in [6.45, 7) is 29.0. The number of rotatable bonds is 6. The molecule has 32 heteroatoms. The number of likely N-dealkylation sites (tertiary alicyclic amines) is 3. The van der Waals surface area contributed by atoms with Crippen LogP contribution < -0.4 is 43.1 Å². The second-order valence-corrected chi connectivity index (χ2v) is 56.3. The van der Waals surface area contributed by atoms with Crippen LogP contribution in [0.15, 0.2) is 109 Å². The van der Waals surface area contributed by atoms with E-state index >= 15 is 0 Å². The predicted molar refractivity (Wildman–Crippen MR) is 590 cm³/mol. The van der Waals surface area contributed by atoms with Crippen LogP contribution in [0.5, 0.6) is 17.2 Å². The normalized spacial score (nSPS) is 36.7. The van der Waals surface area contributed by atoms with Crippen molar-refractivity contribution >= 4 is 105 Å². The maximum atomic E-state index is 14.0. The van der Waals surface area contributed by atoms with Crippen LogP contribution in [0.4, 0.5) is 17.1 Å². The number of fused-ring (bicyclic) bond motifs is 12. The molecule has 12 heterocycles. The van der Waals surface area contributed by atoms with E-state index in [4.69, 9.17) is 77.4 Å². The van der Waals surface area contributed by atoms with Gasteiger partial charge in [0.15, 0.2) is 18.9 Å². The molecular formula is C118H158Cl3N9O17S3. The lowest BCUT2D eigenvalue weighted by atomic mass is 9.64. The van der Waals surface area contributed by atoms with Crippen molar-refractivity contribution in [3.05, 3.63) is 174 Å². The first-order chi connectivity index (χ1) is 72.3. The largest absolute Gasteiger partial charge is 0.490 e. The van der Waals surface area contributed by atoms with Gasteiger partial charge in [0, 0.05) is 110 Å². The van der Waals surface area contributed by atoms with Crippen LogP contribution >= 0.6 is 34.8 Å². The standard InChI is InChI=1S/C40H54ClN3O5S.2C39H52ClN3O6S/c1-26-7-4-9-34(39-47-22-32(23-48-39)43-17-6-18-43)33-13-10-30(33)21-44-24-40(16-5-8-28-19-31(41)12-14-35(28)40)25-49-37-15-11-29(20-36(37)44)38(45)42-50(3,46)27(26)2;2*1-25-6-3-8-33(38-47-21-31(22-48-38)42-16-5-17-42)32-12-9-29(32)20-43-23-39(15-4-7-27-18-30(40)11-13-34(27)39)24-49-36-14-10-28(19-35(36)43)37(44)41-50(45,46)26(25)2/h11-12,14-15,19-20,26-27,30,32-34,39H,3-10,13,16-18,21-25H2,1-2H3,(H,42,45,46);2*10-11,13-14,18-19,25-26,29,31-33,38H,3-9,12,15-17,20-24H2,1-2H3,(H,41,44)/t26-,27+,30-,32?,33+,34+,39?,40-,50?;25-,26+,29-,31?,32+,33+,38?,39-;25-,26+,29-,31?,32+,33-,38?,39-/m000/s1. The van der Waals surface area contributed by atoms with Crippen molar-refractivity contribution < 1.29 is 78.1 Å². The number of hydrogen-bond donors (Lipinski definition) is 3. The number of nitrogens with one attached hydrogen (secondary N) is 3. The van der Waals surface area contributed by atoms with Crippen molar-refractivity contribution in [1.29, 1.82) is 0 Å². The monoisotopic (exact) mass is 2170 g/mol.